The van der Waals surface area contributed by atoms with E-state index in [4.69, 9.17) is 11.6 Å². The number of carbonyl (C=O) groups excluding carboxylic acids is 1. The fraction of sp³-hybridized carbons (Fsp3) is 0.500. The molecule has 0 bridgehead atoms. The Bertz CT molecular complexity index is 485. The molecule has 2 heterocycles. The van der Waals surface area contributed by atoms with Gasteiger partial charge >= 0.3 is 6.03 Å². The summed E-state index contributed by atoms with van der Waals surface area (Å²) in [7, 11) is 0. The molecule has 1 aromatic carbocycles. The predicted octanol–water partition coefficient (Wildman–Crippen LogP) is 2.56. The summed E-state index contributed by atoms with van der Waals surface area (Å²) in [6, 6.07) is 7.28. The Kier molecular flexibility index (Phi) is 3.37. The number of likely N-dealkylation sites (tertiary alicyclic amines) is 1. The van der Waals surface area contributed by atoms with E-state index < -0.39 is 0 Å². The molecule has 3 rings (SSSR count). The molecule has 2 saturated heterocycles. The van der Waals surface area contributed by atoms with Crippen molar-refractivity contribution < 1.29 is 4.79 Å². The Balaban J connectivity index is 1.64. The van der Waals surface area contributed by atoms with Crippen molar-refractivity contribution in [3.8, 4) is 0 Å². The third-order valence-electron chi connectivity index (χ3n) is 4.17. The predicted molar refractivity (Wildman–Crippen MR) is 76.6 cm³/mol. The lowest BCUT2D eigenvalue weighted by Gasteiger charge is -2.23. The van der Waals surface area contributed by atoms with Gasteiger partial charge in [-0.1, -0.05) is 23.7 Å². The lowest BCUT2D eigenvalue weighted by Crippen LogP contribution is -2.36. The van der Waals surface area contributed by atoms with Crippen LogP contribution in [-0.2, 0) is 0 Å². The van der Waals surface area contributed by atoms with Crippen molar-refractivity contribution in [2.45, 2.75) is 12.8 Å². The first-order valence-corrected chi connectivity index (χ1v) is 7.08. The molecule has 0 saturated carbocycles. The van der Waals surface area contributed by atoms with Crippen LogP contribution >= 0.6 is 11.6 Å². The molecule has 2 aliphatic rings. The van der Waals surface area contributed by atoms with Crippen molar-refractivity contribution in [3.63, 3.8) is 0 Å². The second-order valence-corrected chi connectivity index (χ2v) is 5.92. The van der Waals surface area contributed by atoms with Gasteiger partial charge in [-0.3, -0.25) is 0 Å². The SMILES string of the molecule is O=C(Nc1ccccc1Cl)N1CCC2(CCNC2)C1. The Morgan fingerprint density at radius 1 is 1.37 bits per heavy atom. The topological polar surface area (TPSA) is 44.4 Å². The number of nitrogens with zero attached hydrogens (tertiary/aromatic N) is 1. The second kappa shape index (κ2) is 5.02. The Morgan fingerprint density at radius 3 is 2.95 bits per heavy atom. The van der Waals surface area contributed by atoms with E-state index in [1.807, 2.05) is 23.1 Å². The van der Waals surface area contributed by atoms with Gasteiger partial charge in [-0.15, -0.1) is 0 Å². The maximum absolute atomic E-state index is 12.2. The molecule has 1 atom stereocenters. The molecule has 4 nitrogen and oxygen atoms in total. The summed E-state index contributed by atoms with van der Waals surface area (Å²) < 4.78 is 0. The van der Waals surface area contributed by atoms with Gasteiger partial charge in [0, 0.05) is 25.0 Å². The van der Waals surface area contributed by atoms with Crippen molar-refractivity contribution in [2.24, 2.45) is 5.41 Å². The van der Waals surface area contributed by atoms with E-state index in [2.05, 4.69) is 10.6 Å². The zero-order chi connectivity index (χ0) is 13.3. The van der Waals surface area contributed by atoms with Crippen molar-refractivity contribution in [3.05, 3.63) is 29.3 Å². The van der Waals surface area contributed by atoms with Gasteiger partial charge in [0.1, 0.15) is 0 Å². The minimum atomic E-state index is -0.0446. The van der Waals surface area contributed by atoms with Crippen molar-refractivity contribution in [2.75, 3.05) is 31.5 Å². The van der Waals surface area contributed by atoms with Crippen LogP contribution in [0.25, 0.3) is 0 Å². The minimum absolute atomic E-state index is 0.0446. The van der Waals surface area contributed by atoms with Crippen LogP contribution in [0.15, 0.2) is 24.3 Å². The highest BCUT2D eigenvalue weighted by atomic mass is 35.5. The summed E-state index contributed by atoms with van der Waals surface area (Å²) in [4.78, 5) is 14.1. The fourth-order valence-electron chi connectivity index (χ4n) is 3.01. The Hall–Kier alpha value is -1.26. The number of carbonyl (C=O) groups is 1. The van der Waals surface area contributed by atoms with Gasteiger partial charge in [-0.2, -0.15) is 0 Å². The molecule has 1 spiro atoms. The van der Waals surface area contributed by atoms with Crippen LogP contribution in [0, 0.1) is 5.41 Å². The molecule has 2 fully saturated rings. The van der Waals surface area contributed by atoms with Crippen molar-refractivity contribution in [1.82, 2.24) is 10.2 Å². The molecule has 0 aliphatic carbocycles. The number of hydrogen-bond acceptors (Lipinski definition) is 2. The molecular formula is C14H18ClN3O. The Morgan fingerprint density at radius 2 is 2.21 bits per heavy atom. The molecule has 1 unspecified atom stereocenters. The first kappa shape index (κ1) is 12.8. The van der Waals surface area contributed by atoms with Crippen molar-refractivity contribution in [1.29, 1.82) is 0 Å². The van der Waals surface area contributed by atoms with Crippen LogP contribution in [0.3, 0.4) is 0 Å². The average molecular weight is 280 g/mol. The zero-order valence-electron chi connectivity index (χ0n) is 10.8. The lowest BCUT2D eigenvalue weighted by atomic mass is 9.87. The number of halogens is 1. The molecular weight excluding hydrogens is 262 g/mol. The molecule has 102 valence electrons. The van der Waals surface area contributed by atoms with Crippen molar-refractivity contribution >= 4 is 23.3 Å². The standard InChI is InChI=1S/C14H18ClN3O/c15-11-3-1-2-4-12(11)17-13(19)18-8-6-14(10-18)5-7-16-9-14/h1-4,16H,5-10H2,(H,17,19). The van der Waals surface area contributed by atoms with Crippen LogP contribution < -0.4 is 10.6 Å². The molecule has 19 heavy (non-hydrogen) atoms. The first-order valence-electron chi connectivity index (χ1n) is 6.70. The normalized spacial score (nSPS) is 26.1. The summed E-state index contributed by atoms with van der Waals surface area (Å²) in [6.07, 6.45) is 2.26. The number of rotatable bonds is 1. The highest BCUT2D eigenvalue weighted by molar-refractivity contribution is 6.33. The maximum atomic E-state index is 12.2. The smallest absolute Gasteiger partial charge is 0.321 e. The maximum Gasteiger partial charge on any atom is 0.321 e. The van der Waals surface area contributed by atoms with E-state index in [-0.39, 0.29) is 6.03 Å². The summed E-state index contributed by atoms with van der Waals surface area (Å²) in [6.45, 7) is 3.77. The highest BCUT2D eigenvalue weighted by Crippen LogP contribution is 2.36. The van der Waals surface area contributed by atoms with Crippen LogP contribution in [0.4, 0.5) is 10.5 Å². The Labute approximate surface area is 118 Å². The number of benzene rings is 1. The summed E-state index contributed by atoms with van der Waals surface area (Å²) >= 11 is 6.05. The van der Waals surface area contributed by atoms with Gasteiger partial charge in [0.2, 0.25) is 0 Å². The molecule has 2 amide bonds. The molecule has 5 heteroatoms. The van der Waals surface area contributed by atoms with Gasteiger partial charge in [0.05, 0.1) is 10.7 Å². The van der Waals surface area contributed by atoms with Gasteiger partial charge in [0.25, 0.3) is 0 Å². The minimum Gasteiger partial charge on any atom is -0.324 e. The van der Waals surface area contributed by atoms with Gasteiger partial charge in [-0.25, -0.2) is 4.79 Å². The van der Waals surface area contributed by atoms with Gasteiger partial charge in [-0.05, 0) is 31.5 Å². The number of urea groups is 1. The van der Waals surface area contributed by atoms with Crippen LogP contribution in [0.1, 0.15) is 12.8 Å². The van der Waals surface area contributed by atoms with E-state index >= 15 is 0 Å². The van der Waals surface area contributed by atoms with E-state index in [1.54, 1.807) is 6.07 Å². The van der Waals surface area contributed by atoms with Gasteiger partial charge < -0.3 is 15.5 Å². The van der Waals surface area contributed by atoms with Gasteiger partial charge in [0.15, 0.2) is 0 Å². The summed E-state index contributed by atoms with van der Waals surface area (Å²) in [5.74, 6) is 0. The highest BCUT2D eigenvalue weighted by Gasteiger charge is 2.41. The number of para-hydroxylation sites is 1. The second-order valence-electron chi connectivity index (χ2n) is 5.51. The number of anilines is 1. The summed E-state index contributed by atoms with van der Waals surface area (Å²) in [5.41, 5.74) is 0.984. The van der Waals surface area contributed by atoms with Crippen LogP contribution in [-0.4, -0.2) is 37.1 Å². The number of hydrogen-bond donors (Lipinski definition) is 2. The number of amides is 2. The number of nitrogens with one attached hydrogen (secondary N) is 2. The largest absolute Gasteiger partial charge is 0.324 e. The van der Waals surface area contributed by atoms with Crippen LogP contribution in [0.5, 0.6) is 0 Å². The third-order valence-corrected chi connectivity index (χ3v) is 4.50. The first-order chi connectivity index (χ1) is 9.19. The molecule has 0 radical (unpaired) electrons. The van der Waals surface area contributed by atoms with E-state index in [9.17, 15) is 4.79 Å². The van der Waals surface area contributed by atoms with E-state index in [0.717, 1.165) is 32.6 Å². The van der Waals surface area contributed by atoms with E-state index in [1.165, 1.54) is 6.42 Å². The monoisotopic (exact) mass is 279 g/mol. The lowest BCUT2D eigenvalue weighted by molar-refractivity contribution is 0.215. The summed E-state index contributed by atoms with van der Waals surface area (Å²) in [5, 5.41) is 6.86. The average Bonchev–Trinajstić information content (AvgIpc) is 3.03. The fourth-order valence-corrected chi connectivity index (χ4v) is 3.19. The zero-order valence-corrected chi connectivity index (χ0v) is 11.5. The quantitative estimate of drug-likeness (QED) is 0.830. The molecule has 2 N–H and O–H groups in total. The van der Waals surface area contributed by atoms with Crippen LogP contribution in [0.2, 0.25) is 5.02 Å². The van der Waals surface area contributed by atoms with E-state index in [0.29, 0.717) is 16.1 Å². The third kappa shape index (κ3) is 2.55. The molecule has 0 aromatic heterocycles. The molecule has 2 aliphatic heterocycles. The molecule has 1 aromatic rings.